The van der Waals surface area contributed by atoms with Crippen LogP contribution in [-0.4, -0.2) is 34.0 Å². The van der Waals surface area contributed by atoms with Gasteiger partial charge in [-0.1, -0.05) is 24.3 Å². The molecule has 0 saturated carbocycles. The topological polar surface area (TPSA) is 85.2 Å². The number of imidazole rings is 1. The van der Waals surface area contributed by atoms with Gasteiger partial charge in [0.2, 0.25) is 5.91 Å². The largest absolute Gasteiger partial charge is 0.478 e. The number of carbonyl (C=O) groups is 2. The van der Waals surface area contributed by atoms with E-state index in [1.54, 1.807) is 18.5 Å². The van der Waals surface area contributed by atoms with Crippen molar-refractivity contribution < 1.29 is 14.3 Å². The van der Waals surface area contributed by atoms with E-state index in [0.29, 0.717) is 24.5 Å². The second kappa shape index (κ2) is 6.87. The number of rotatable bonds is 5. The maximum Gasteiger partial charge on any atom is 0.266 e. The Morgan fingerprint density at radius 3 is 2.92 bits per heavy atom. The van der Waals surface area contributed by atoms with Crippen LogP contribution in [0.2, 0.25) is 0 Å². The molecule has 7 nitrogen and oxygen atoms in total. The lowest BCUT2D eigenvalue weighted by atomic mass is 10.1. The van der Waals surface area contributed by atoms with E-state index in [9.17, 15) is 9.59 Å². The van der Waals surface area contributed by atoms with Gasteiger partial charge >= 0.3 is 0 Å². The number of amides is 2. The SMILES string of the molecule is O=C(C[C@@H]1Oc2ccccc2NC1=O)NCCn1cnc2ccccc21. The predicted octanol–water partition coefficient (Wildman–Crippen LogP) is 1.94. The molecule has 1 aromatic heterocycles. The van der Waals surface area contributed by atoms with Crippen LogP contribution in [-0.2, 0) is 16.1 Å². The highest BCUT2D eigenvalue weighted by Gasteiger charge is 2.29. The Bertz CT molecular complexity index is 966. The molecule has 26 heavy (non-hydrogen) atoms. The summed E-state index contributed by atoms with van der Waals surface area (Å²) in [5.41, 5.74) is 2.57. The molecular weight excluding hydrogens is 332 g/mol. The van der Waals surface area contributed by atoms with Gasteiger partial charge in [0.05, 0.1) is 29.5 Å². The monoisotopic (exact) mass is 350 g/mol. The minimum atomic E-state index is -0.820. The molecule has 132 valence electrons. The van der Waals surface area contributed by atoms with E-state index in [1.807, 2.05) is 41.0 Å². The number of carbonyl (C=O) groups excluding carboxylic acids is 2. The van der Waals surface area contributed by atoms with Gasteiger partial charge in [0.25, 0.3) is 5.91 Å². The number of hydrogen-bond acceptors (Lipinski definition) is 4. The first-order valence-electron chi connectivity index (χ1n) is 8.44. The number of ether oxygens (including phenoxy) is 1. The highest BCUT2D eigenvalue weighted by atomic mass is 16.5. The van der Waals surface area contributed by atoms with Gasteiger partial charge in [-0.25, -0.2) is 4.98 Å². The molecule has 0 unspecified atom stereocenters. The molecule has 3 aromatic rings. The number of nitrogens with one attached hydrogen (secondary N) is 2. The summed E-state index contributed by atoms with van der Waals surface area (Å²) >= 11 is 0. The molecule has 7 heteroatoms. The lowest BCUT2D eigenvalue weighted by Crippen LogP contribution is -2.41. The molecule has 0 radical (unpaired) electrons. The summed E-state index contributed by atoms with van der Waals surface area (Å²) in [5, 5.41) is 5.59. The van der Waals surface area contributed by atoms with E-state index >= 15 is 0 Å². The van der Waals surface area contributed by atoms with Crippen molar-refractivity contribution in [3.8, 4) is 5.75 Å². The van der Waals surface area contributed by atoms with Crippen LogP contribution in [0.5, 0.6) is 5.75 Å². The van der Waals surface area contributed by atoms with Crippen molar-refractivity contribution in [3.05, 3.63) is 54.9 Å². The maximum atomic E-state index is 12.2. The van der Waals surface area contributed by atoms with E-state index in [-0.39, 0.29) is 18.2 Å². The lowest BCUT2D eigenvalue weighted by molar-refractivity contribution is -0.130. The van der Waals surface area contributed by atoms with Crippen molar-refractivity contribution >= 4 is 28.5 Å². The lowest BCUT2D eigenvalue weighted by Gasteiger charge is -2.25. The van der Waals surface area contributed by atoms with E-state index in [1.165, 1.54) is 0 Å². The molecule has 0 bridgehead atoms. The summed E-state index contributed by atoms with van der Waals surface area (Å²) in [6.45, 7) is 1.05. The number of aromatic nitrogens is 2. The van der Waals surface area contributed by atoms with E-state index < -0.39 is 6.10 Å². The van der Waals surface area contributed by atoms with Crippen molar-refractivity contribution in [2.75, 3.05) is 11.9 Å². The normalized spacial score (nSPS) is 15.8. The molecule has 0 spiro atoms. The summed E-state index contributed by atoms with van der Waals surface area (Å²) in [6, 6.07) is 15.0. The predicted molar refractivity (Wildman–Crippen MR) is 96.8 cm³/mol. The van der Waals surface area contributed by atoms with Gasteiger partial charge in [-0.15, -0.1) is 0 Å². The van der Waals surface area contributed by atoms with Gasteiger partial charge in [-0.3, -0.25) is 9.59 Å². The molecule has 2 amide bonds. The maximum absolute atomic E-state index is 12.2. The Kier molecular flexibility index (Phi) is 4.27. The van der Waals surface area contributed by atoms with Gasteiger partial charge < -0.3 is 19.9 Å². The van der Waals surface area contributed by atoms with Gasteiger partial charge in [-0.05, 0) is 24.3 Å². The van der Waals surface area contributed by atoms with Crippen molar-refractivity contribution in [2.24, 2.45) is 0 Å². The third-order valence-electron chi connectivity index (χ3n) is 4.28. The zero-order valence-electron chi connectivity index (χ0n) is 14.0. The Morgan fingerprint density at radius 1 is 1.19 bits per heavy atom. The average Bonchev–Trinajstić information content (AvgIpc) is 3.06. The first kappa shape index (κ1) is 16.1. The zero-order chi connectivity index (χ0) is 17.9. The van der Waals surface area contributed by atoms with Gasteiger partial charge in [0.1, 0.15) is 5.75 Å². The number of para-hydroxylation sites is 4. The number of hydrogen-bond donors (Lipinski definition) is 2. The van der Waals surface area contributed by atoms with Gasteiger partial charge in [0.15, 0.2) is 6.10 Å². The molecule has 2 aromatic carbocycles. The van der Waals surface area contributed by atoms with Crippen molar-refractivity contribution in [1.82, 2.24) is 14.9 Å². The van der Waals surface area contributed by atoms with Crippen LogP contribution >= 0.6 is 0 Å². The second-order valence-corrected chi connectivity index (χ2v) is 6.07. The summed E-state index contributed by atoms with van der Waals surface area (Å²) < 4.78 is 7.62. The van der Waals surface area contributed by atoms with E-state index in [0.717, 1.165) is 11.0 Å². The first-order chi connectivity index (χ1) is 12.7. The minimum absolute atomic E-state index is 0.0230. The first-order valence-corrected chi connectivity index (χ1v) is 8.44. The molecule has 0 saturated heterocycles. The van der Waals surface area contributed by atoms with Crippen molar-refractivity contribution in [1.29, 1.82) is 0 Å². The summed E-state index contributed by atoms with van der Waals surface area (Å²) in [7, 11) is 0. The summed E-state index contributed by atoms with van der Waals surface area (Å²) in [4.78, 5) is 28.6. The highest BCUT2D eigenvalue weighted by molar-refractivity contribution is 5.99. The van der Waals surface area contributed by atoms with Gasteiger partial charge in [-0.2, -0.15) is 0 Å². The molecule has 2 heterocycles. The Labute approximate surface area is 150 Å². The molecule has 0 aliphatic carbocycles. The van der Waals surface area contributed by atoms with Crippen LogP contribution in [0.1, 0.15) is 6.42 Å². The fourth-order valence-corrected chi connectivity index (χ4v) is 2.97. The van der Waals surface area contributed by atoms with Crippen LogP contribution in [0.25, 0.3) is 11.0 Å². The number of benzene rings is 2. The Balaban J connectivity index is 1.31. The third-order valence-corrected chi connectivity index (χ3v) is 4.28. The molecule has 1 atom stereocenters. The molecular formula is C19H18N4O3. The Morgan fingerprint density at radius 2 is 2.00 bits per heavy atom. The van der Waals surface area contributed by atoms with Crippen LogP contribution in [0.3, 0.4) is 0 Å². The average molecular weight is 350 g/mol. The van der Waals surface area contributed by atoms with Crippen molar-refractivity contribution in [3.63, 3.8) is 0 Å². The zero-order valence-corrected chi connectivity index (χ0v) is 14.0. The quantitative estimate of drug-likeness (QED) is 0.736. The molecule has 2 N–H and O–H groups in total. The number of anilines is 1. The highest BCUT2D eigenvalue weighted by Crippen LogP contribution is 2.29. The summed E-state index contributed by atoms with van der Waals surface area (Å²) in [5.74, 6) is 0.0446. The van der Waals surface area contributed by atoms with Crippen molar-refractivity contribution in [2.45, 2.75) is 19.1 Å². The number of fused-ring (bicyclic) bond motifs is 2. The minimum Gasteiger partial charge on any atom is -0.478 e. The standard InChI is InChI=1S/C19H18N4O3/c24-18(11-17-19(25)22-14-6-2-4-8-16(14)26-17)20-9-10-23-12-21-13-5-1-3-7-15(13)23/h1-8,12,17H,9-11H2,(H,20,24)(H,22,25)/t17-/m0/s1. The fraction of sp³-hybridized carbons (Fsp3) is 0.211. The number of nitrogens with zero attached hydrogens (tertiary/aromatic N) is 2. The molecule has 4 rings (SSSR count). The van der Waals surface area contributed by atoms with Crippen LogP contribution in [0.15, 0.2) is 54.9 Å². The van der Waals surface area contributed by atoms with E-state index in [4.69, 9.17) is 4.74 Å². The van der Waals surface area contributed by atoms with Gasteiger partial charge in [0, 0.05) is 13.1 Å². The molecule has 0 fully saturated rings. The van der Waals surface area contributed by atoms with Crippen LogP contribution in [0, 0.1) is 0 Å². The van der Waals surface area contributed by atoms with Crippen LogP contribution in [0.4, 0.5) is 5.69 Å². The molecule has 1 aliphatic heterocycles. The summed E-state index contributed by atoms with van der Waals surface area (Å²) in [6.07, 6.45) is 0.912. The smallest absolute Gasteiger partial charge is 0.266 e. The third kappa shape index (κ3) is 3.23. The second-order valence-electron chi connectivity index (χ2n) is 6.07. The van der Waals surface area contributed by atoms with Crippen LogP contribution < -0.4 is 15.4 Å². The van der Waals surface area contributed by atoms with E-state index in [2.05, 4.69) is 15.6 Å². The Hall–Kier alpha value is -3.35. The molecule has 1 aliphatic rings. The fourth-order valence-electron chi connectivity index (χ4n) is 2.97.